The van der Waals surface area contributed by atoms with Crippen LogP contribution >= 0.6 is 0 Å². The molecule has 1 unspecified atom stereocenters. The fourth-order valence-corrected chi connectivity index (χ4v) is 3.55. The molecule has 33 heavy (non-hydrogen) atoms. The Hall–Kier alpha value is -3.36. The number of hydrogen-bond donors (Lipinski definition) is 4. The highest BCUT2D eigenvalue weighted by Crippen LogP contribution is 2.28. The van der Waals surface area contributed by atoms with Crippen LogP contribution in [0.1, 0.15) is 53.0 Å². The molecular formula is C24H37N7O2. The number of benzene rings is 1. The Morgan fingerprint density at radius 2 is 1.94 bits per heavy atom. The van der Waals surface area contributed by atoms with Crippen LogP contribution in [0.25, 0.3) is 11.3 Å². The van der Waals surface area contributed by atoms with Crippen LogP contribution in [0.3, 0.4) is 0 Å². The van der Waals surface area contributed by atoms with Crippen LogP contribution in [0.15, 0.2) is 24.3 Å². The number of nitrogen functional groups attached to an aromatic ring is 2. The van der Waals surface area contributed by atoms with Gasteiger partial charge in [0, 0.05) is 48.7 Å². The zero-order valence-corrected chi connectivity index (χ0v) is 20.5. The first-order valence-electron chi connectivity index (χ1n) is 11.1. The third-order valence-electron chi connectivity index (χ3n) is 5.07. The summed E-state index contributed by atoms with van der Waals surface area (Å²) in [5, 5.41) is 10.1. The van der Waals surface area contributed by atoms with Crippen LogP contribution in [-0.4, -0.2) is 47.5 Å². The van der Waals surface area contributed by atoms with Crippen LogP contribution in [-0.2, 0) is 4.74 Å². The molecule has 1 aliphatic heterocycles. The number of amides is 1. The number of nitrogens with zero attached hydrogens (tertiary/aromatic N) is 3. The molecular weight excluding hydrogens is 418 g/mol. The van der Waals surface area contributed by atoms with Crippen LogP contribution in [0.2, 0.25) is 0 Å². The fraction of sp³-hybridized carbons (Fsp3) is 0.500. The number of alkyl carbamates (subject to hydrolysis) is 1. The Kier molecular flexibility index (Phi) is 8.62. The van der Waals surface area contributed by atoms with Gasteiger partial charge in [0.1, 0.15) is 11.4 Å². The first kappa shape index (κ1) is 25.9. The zero-order valence-electron chi connectivity index (χ0n) is 20.5. The number of carbonyl (C=O) groups is 1. The number of nitrogens with two attached hydrogens (primary N) is 2. The maximum Gasteiger partial charge on any atom is 0.407 e. The topological polar surface area (TPSA) is 143 Å². The van der Waals surface area contributed by atoms with Gasteiger partial charge in [0.15, 0.2) is 0 Å². The van der Waals surface area contributed by atoms with Gasteiger partial charge in [-0.15, -0.1) is 0 Å². The Morgan fingerprint density at radius 3 is 2.45 bits per heavy atom. The molecule has 0 radical (unpaired) electrons. The fourth-order valence-electron chi connectivity index (χ4n) is 3.55. The molecule has 1 aliphatic rings. The van der Waals surface area contributed by atoms with E-state index in [2.05, 4.69) is 27.1 Å². The second-order valence-electron chi connectivity index (χ2n) is 9.34. The number of hydrogen-bond acceptors (Lipinski definition) is 8. The Balaban J connectivity index is 0.000000365. The van der Waals surface area contributed by atoms with Gasteiger partial charge in [-0.05, 0) is 52.5 Å². The Bertz CT molecular complexity index is 985. The summed E-state index contributed by atoms with van der Waals surface area (Å²) in [5.74, 6) is 1.80. The van der Waals surface area contributed by atoms with Crippen molar-refractivity contribution in [2.75, 3.05) is 36.5 Å². The Morgan fingerprint density at radius 1 is 1.24 bits per heavy atom. The van der Waals surface area contributed by atoms with Crippen molar-refractivity contribution in [3.63, 3.8) is 0 Å². The maximum absolute atomic E-state index is 10.5. The number of carbonyl (C=O) groups excluding carboxylic acids is 1. The molecule has 2 heterocycles. The van der Waals surface area contributed by atoms with E-state index in [9.17, 15) is 4.79 Å². The third-order valence-corrected chi connectivity index (χ3v) is 5.07. The predicted molar refractivity (Wildman–Crippen MR) is 135 cm³/mol. The Labute approximate surface area is 196 Å². The minimum absolute atomic E-state index is 0.270. The van der Waals surface area contributed by atoms with Gasteiger partial charge < -0.3 is 31.8 Å². The van der Waals surface area contributed by atoms with Crippen molar-refractivity contribution in [1.82, 2.24) is 15.3 Å². The molecule has 1 aromatic carbocycles. The summed E-state index contributed by atoms with van der Waals surface area (Å²) < 4.78 is 4.84. The molecule has 6 N–H and O–H groups in total. The molecule has 1 aromatic heterocycles. The summed E-state index contributed by atoms with van der Waals surface area (Å²) in [6.07, 6.45) is 2.04. The van der Waals surface area contributed by atoms with Crippen LogP contribution < -0.4 is 21.7 Å². The van der Waals surface area contributed by atoms with E-state index in [-0.39, 0.29) is 17.6 Å². The molecule has 1 saturated heterocycles. The predicted octanol–water partition coefficient (Wildman–Crippen LogP) is 4.07. The average Bonchev–Trinajstić information content (AvgIpc) is 2.72. The molecule has 9 nitrogen and oxygen atoms in total. The molecule has 180 valence electrons. The lowest BCUT2D eigenvalue weighted by Gasteiger charge is -2.32. The molecule has 1 atom stereocenters. The highest BCUT2D eigenvalue weighted by atomic mass is 16.6. The monoisotopic (exact) mass is 455 g/mol. The van der Waals surface area contributed by atoms with Gasteiger partial charge in [-0.2, -0.15) is 4.98 Å². The smallest absolute Gasteiger partial charge is 0.407 e. The van der Waals surface area contributed by atoms with Crippen molar-refractivity contribution < 1.29 is 9.53 Å². The maximum atomic E-state index is 10.5. The number of piperidine rings is 1. The molecule has 3 rings (SSSR count). The average molecular weight is 456 g/mol. The number of anilines is 3. The van der Waals surface area contributed by atoms with Gasteiger partial charge >= 0.3 is 6.09 Å². The van der Waals surface area contributed by atoms with Crippen LogP contribution in [0.4, 0.5) is 22.2 Å². The van der Waals surface area contributed by atoms with E-state index in [1.54, 1.807) is 6.92 Å². The third kappa shape index (κ3) is 7.93. The molecule has 9 heteroatoms. The zero-order chi connectivity index (χ0) is 24.8. The van der Waals surface area contributed by atoms with Crippen molar-refractivity contribution in [2.45, 2.75) is 53.1 Å². The molecule has 0 spiro atoms. The van der Waals surface area contributed by atoms with Gasteiger partial charge in [0.25, 0.3) is 0 Å². The van der Waals surface area contributed by atoms with Crippen molar-refractivity contribution in [3.8, 4) is 11.3 Å². The van der Waals surface area contributed by atoms with E-state index in [1.807, 2.05) is 45.0 Å². The summed E-state index contributed by atoms with van der Waals surface area (Å²) in [4.78, 5) is 21.5. The quantitative estimate of drug-likeness (QED) is 0.403. The largest absolute Gasteiger partial charge is 0.444 e. The standard InChI is InChI=1S/C18H24N6.C6H13NO2/c1-11-4-3-7-24(10-11)17-9-16(22-18(21)23-17)13-5-6-14(12(2)19)15(20)8-13;1-6(2,3)9-5(8)7-4/h5-6,8-9,11,19H,3-4,7,10,20H2,1-2H3,(H2,21,22,23);1-4H3,(H,7,8). The number of rotatable bonds is 3. The second-order valence-corrected chi connectivity index (χ2v) is 9.34. The number of ether oxygens (including phenoxy) is 1. The minimum Gasteiger partial charge on any atom is -0.444 e. The summed E-state index contributed by atoms with van der Waals surface area (Å²) >= 11 is 0. The van der Waals surface area contributed by atoms with Gasteiger partial charge in [-0.1, -0.05) is 19.1 Å². The second kappa shape index (κ2) is 11.0. The number of aromatic nitrogens is 2. The van der Waals surface area contributed by atoms with Gasteiger partial charge in [-0.25, -0.2) is 9.78 Å². The lowest BCUT2D eigenvalue weighted by atomic mass is 10.00. The molecule has 2 aromatic rings. The molecule has 0 aliphatic carbocycles. The molecule has 1 fully saturated rings. The molecule has 1 amide bonds. The lowest BCUT2D eigenvalue weighted by Crippen LogP contribution is -2.35. The minimum atomic E-state index is -0.389. The van der Waals surface area contributed by atoms with E-state index in [0.717, 1.165) is 35.7 Å². The van der Waals surface area contributed by atoms with Gasteiger partial charge in [0.05, 0.1) is 5.69 Å². The van der Waals surface area contributed by atoms with E-state index in [1.165, 1.54) is 19.9 Å². The SMILES string of the molecule is CC(=N)c1ccc(-c2cc(N3CCCC(C)C3)nc(N)n2)cc1N.CNC(=O)OC(C)(C)C. The van der Waals surface area contributed by atoms with E-state index < -0.39 is 0 Å². The number of nitrogens with one attached hydrogen (secondary N) is 2. The van der Waals surface area contributed by atoms with E-state index in [0.29, 0.717) is 17.3 Å². The summed E-state index contributed by atoms with van der Waals surface area (Å²) in [6, 6.07) is 7.60. The van der Waals surface area contributed by atoms with Gasteiger partial charge in [0.2, 0.25) is 5.95 Å². The summed E-state index contributed by atoms with van der Waals surface area (Å²) in [5.41, 5.74) is 15.0. The molecule has 0 saturated carbocycles. The lowest BCUT2D eigenvalue weighted by molar-refractivity contribution is 0.0541. The van der Waals surface area contributed by atoms with Crippen molar-refractivity contribution in [1.29, 1.82) is 5.41 Å². The summed E-state index contributed by atoms with van der Waals surface area (Å²) in [7, 11) is 1.54. The van der Waals surface area contributed by atoms with Crippen LogP contribution in [0.5, 0.6) is 0 Å². The van der Waals surface area contributed by atoms with E-state index in [4.69, 9.17) is 21.6 Å². The van der Waals surface area contributed by atoms with Crippen molar-refractivity contribution >= 4 is 29.3 Å². The first-order chi connectivity index (χ1) is 15.4. The first-order valence-corrected chi connectivity index (χ1v) is 11.1. The van der Waals surface area contributed by atoms with Gasteiger partial charge in [-0.3, -0.25) is 0 Å². The highest BCUT2D eigenvalue weighted by Gasteiger charge is 2.19. The van der Waals surface area contributed by atoms with Crippen LogP contribution in [0, 0.1) is 11.3 Å². The summed E-state index contributed by atoms with van der Waals surface area (Å²) in [6.45, 7) is 11.4. The van der Waals surface area contributed by atoms with Crippen molar-refractivity contribution in [3.05, 3.63) is 29.8 Å². The van der Waals surface area contributed by atoms with E-state index >= 15 is 0 Å². The van der Waals surface area contributed by atoms with Crippen molar-refractivity contribution in [2.24, 2.45) is 5.92 Å². The highest BCUT2D eigenvalue weighted by molar-refractivity contribution is 6.01. The molecule has 0 bridgehead atoms. The normalized spacial score (nSPS) is 15.8.